The first-order chi connectivity index (χ1) is 8.56. The number of carbonyl (C=O) groups excluding carboxylic acids is 2. The number of ether oxygens (including phenoxy) is 1. The van der Waals surface area contributed by atoms with E-state index in [9.17, 15) is 9.59 Å². The number of nitrogens with two attached hydrogens (primary N) is 2. The maximum absolute atomic E-state index is 11.5. The van der Waals surface area contributed by atoms with Gasteiger partial charge in [0.05, 0.1) is 24.0 Å². The van der Waals surface area contributed by atoms with Gasteiger partial charge in [0, 0.05) is 6.54 Å². The number of nitrogen functional groups attached to an aromatic ring is 1. The molecule has 6 nitrogen and oxygen atoms in total. The standard InChI is InChI=1S/C12H15N3O3/c1-18-11(16)8-4-5-9-7(10(8)13)3-2-6-15(9)12(14)17/h4-5H,2-3,6,13H2,1H3,(H2,14,17). The Labute approximate surface area is 104 Å². The van der Waals surface area contributed by atoms with E-state index in [1.807, 2.05) is 0 Å². The summed E-state index contributed by atoms with van der Waals surface area (Å²) in [5, 5.41) is 0. The lowest BCUT2D eigenvalue weighted by Crippen LogP contribution is -2.39. The highest BCUT2D eigenvalue weighted by Gasteiger charge is 2.25. The molecule has 1 aromatic rings. The van der Waals surface area contributed by atoms with Gasteiger partial charge in [-0.3, -0.25) is 4.90 Å². The minimum absolute atomic E-state index is 0.322. The zero-order valence-corrected chi connectivity index (χ0v) is 10.1. The Hall–Kier alpha value is -2.24. The van der Waals surface area contributed by atoms with Crippen molar-refractivity contribution in [2.24, 2.45) is 5.73 Å². The van der Waals surface area contributed by atoms with Crippen LogP contribution in [0.2, 0.25) is 0 Å². The van der Waals surface area contributed by atoms with Crippen LogP contribution < -0.4 is 16.4 Å². The molecule has 18 heavy (non-hydrogen) atoms. The number of anilines is 2. The summed E-state index contributed by atoms with van der Waals surface area (Å²) in [6.07, 6.45) is 1.49. The maximum Gasteiger partial charge on any atom is 0.339 e. The van der Waals surface area contributed by atoms with Gasteiger partial charge in [-0.15, -0.1) is 0 Å². The van der Waals surface area contributed by atoms with Crippen molar-refractivity contribution in [3.63, 3.8) is 0 Å². The van der Waals surface area contributed by atoms with Crippen LogP contribution in [0.1, 0.15) is 22.3 Å². The van der Waals surface area contributed by atoms with Crippen molar-refractivity contribution < 1.29 is 14.3 Å². The summed E-state index contributed by atoms with van der Waals surface area (Å²) in [5.41, 5.74) is 13.4. The fraction of sp³-hybridized carbons (Fsp3) is 0.333. The minimum atomic E-state index is -0.513. The van der Waals surface area contributed by atoms with Crippen LogP contribution in [0.25, 0.3) is 0 Å². The summed E-state index contributed by atoms with van der Waals surface area (Å²) < 4.78 is 4.66. The lowest BCUT2D eigenvalue weighted by molar-refractivity contribution is 0.0602. The van der Waals surface area contributed by atoms with Gasteiger partial charge >= 0.3 is 12.0 Å². The molecule has 1 aliphatic rings. The van der Waals surface area contributed by atoms with E-state index >= 15 is 0 Å². The van der Waals surface area contributed by atoms with Gasteiger partial charge < -0.3 is 16.2 Å². The van der Waals surface area contributed by atoms with Crippen molar-refractivity contribution in [2.45, 2.75) is 12.8 Å². The van der Waals surface area contributed by atoms with Gasteiger partial charge in [0.1, 0.15) is 0 Å². The molecule has 0 aromatic heterocycles. The SMILES string of the molecule is COC(=O)c1ccc2c(c1N)CCCN2C(N)=O. The summed E-state index contributed by atoms with van der Waals surface area (Å²) in [5.74, 6) is -0.480. The zero-order valence-electron chi connectivity index (χ0n) is 10.1. The summed E-state index contributed by atoms with van der Waals surface area (Å²) in [4.78, 5) is 24.3. The first kappa shape index (κ1) is 12.2. The number of carbonyl (C=O) groups is 2. The number of amides is 2. The molecule has 96 valence electrons. The number of hydrogen-bond acceptors (Lipinski definition) is 4. The van der Waals surface area contributed by atoms with Crippen molar-refractivity contribution in [1.82, 2.24) is 0 Å². The number of rotatable bonds is 1. The molecule has 2 amide bonds. The van der Waals surface area contributed by atoms with Gasteiger partial charge in [-0.1, -0.05) is 0 Å². The average molecular weight is 249 g/mol. The number of fused-ring (bicyclic) bond motifs is 1. The van der Waals surface area contributed by atoms with Crippen LogP contribution in [-0.2, 0) is 11.2 Å². The second kappa shape index (κ2) is 4.56. The highest BCUT2D eigenvalue weighted by Crippen LogP contribution is 2.33. The van der Waals surface area contributed by atoms with Gasteiger partial charge in [0.15, 0.2) is 0 Å². The zero-order chi connectivity index (χ0) is 13.3. The Morgan fingerprint density at radius 1 is 1.39 bits per heavy atom. The average Bonchev–Trinajstić information content (AvgIpc) is 2.37. The molecule has 6 heteroatoms. The Morgan fingerprint density at radius 3 is 2.72 bits per heavy atom. The molecule has 0 bridgehead atoms. The van der Waals surface area contributed by atoms with Crippen molar-refractivity contribution in [1.29, 1.82) is 0 Å². The van der Waals surface area contributed by atoms with Gasteiger partial charge in [-0.25, -0.2) is 9.59 Å². The topological polar surface area (TPSA) is 98.7 Å². The second-order valence-corrected chi connectivity index (χ2v) is 4.11. The Bertz CT molecular complexity index is 514. The normalized spacial score (nSPS) is 13.9. The summed E-state index contributed by atoms with van der Waals surface area (Å²) in [7, 11) is 1.30. The van der Waals surface area contributed by atoms with Crippen LogP contribution in [0, 0.1) is 0 Å². The molecule has 0 saturated heterocycles. The molecule has 0 aliphatic carbocycles. The molecule has 0 atom stereocenters. The highest BCUT2D eigenvalue weighted by atomic mass is 16.5. The fourth-order valence-electron chi connectivity index (χ4n) is 2.22. The fourth-order valence-corrected chi connectivity index (χ4v) is 2.22. The Morgan fingerprint density at radius 2 is 2.11 bits per heavy atom. The number of benzene rings is 1. The largest absolute Gasteiger partial charge is 0.465 e. The quantitative estimate of drug-likeness (QED) is 0.570. The molecule has 1 aliphatic heterocycles. The van der Waals surface area contributed by atoms with E-state index in [1.54, 1.807) is 12.1 Å². The van der Waals surface area contributed by atoms with Crippen molar-refractivity contribution in [2.75, 3.05) is 24.3 Å². The molecule has 0 radical (unpaired) electrons. The lowest BCUT2D eigenvalue weighted by Gasteiger charge is -2.29. The minimum Gasteiger partial charge on any atom is -0.465 e. The molecule has 0 spiro atoms. The van der Waals surface area contributed by atoms with Crippen LogP contribution in [0.3, 0.4) is 0 Å². The van der Waals surface area contributed by atoms with E-state index in [2.05, 4.69) is 4.74 Å². The molecule has 0 fully saturated rings. The number of primary amides is 1. The molecule has 2 rings (SSSR count). The third-order valence-corrected chi connectivity index (χ3v) is 3.10. The van der Waals surface area contributed by atoms with Crippen molar-refractivity contribution >= 4 is 23.4 Å². The van der Waals surface area contributed by atoms with E-state index in [0.29, 0.717) is 23.5 Å². The number of esters is 1. The Kier molecular flexibility index (Phi) is 3.10. The monoisotopic (exact) mass is 249 g/mol. The van der Waals surface area contributed by atoms with Crippen molar-refractivity contribution in [3.8, 4) is 0 Å². The van der Waals surface area contributed by atoms with Crippen LogP contribution in [0.5, 0.6) is 0 Å². The van der Waals surface area contributed by atoms with Crippen LogP contribution >= 0.6 is 0 Å². The third-order valence-electron chi connectivity index (χ3n) is 3.10. The molecule has 4 N–H and O–H groups in total. The van der Waals surface area contributed by atoms with Gasteiger partial charge in [-0.05, 0) is 30.5 Å². The predicted molar refractivity (Wildman–Crippen MR) is 67.4 cm³/mol. The molecule has 1 heterocycles. The second-order valence-electron chi connectivity index (χ2n) is 4.11. The van der Waals surface area contributed by atoms with Gasteiger partial charge in [0.2, 0.25) is 0 Å². The van der Waals surface area contributed by atoms with E-state index in [-0.39, 0.29) is 0 Å². The van der Waals surface area contributed by atoms with Crippen molar-refractivity contribution in [3.05, 3.63) is 23.3 Å². The molecule has 0 saturated carbocycles. The van der Waals surface area contributed by atoms with Crippen LogP contribution in [-0.4, -0.2) is 25.7 Å². The summed E-state index contributed by atoms with van der Waals surface area (Å²) in [6, 6.07) is 2.73. The predicted octanol–water partition coefficient (Wildman–Crippen LogP) is 0.887. The molecular weight excluding hydrogens is 234 g/mol. The van der Waals surface area contributed by atoms with Gasteiger partial charge in [-0.2, -0.15) is 0 Å². The summed E-state index contributed by atoms with van der Waals surface area (Å²) >= 11 is 0. The number of methoxy groups -OCH3 is 1. The first-order valence-corrected chi connectivity index (χ1v) is 5.63. The molecule has 1 aromatic carbocycles. The number of urea groups is 1. The van der Waals surface area contributed by atoms with Crippen LogP contribution in [0.15, 0.2) is 12.1 Å². The third kappa shape index (κ3) is 1.85. The summed E-state index contributed by atoms with van der Waals surface area (Å²) in [6.45, 7) is 0.569. The van der Waals surface area contributed by atoms with E-state index in [0.717, 1.165) is 18.4 Å². The number of hydrogen-bond donors (Lipinski definition) is 2. The van der Waals surface area contributed by atoms with Crippen LogP contribution in [0.4, 0.5) is 16.2 Å². The molecule has 0 unspecified atom stereocenters. The van der Waals surface area contributed by atoms with E-state index < -0.39 is 12.0 Å². The smallest absolute Gasteiger partial charge is 0.339 e. The molecular formula is C12H15N3O3. The number of nitrogens with zero attached hydrogens (tertiary/aromatic N) is 1. The first-order valence-electron chi connectivity index (χ1n) is 5.63. The lowest BCUT2D eigenvalue weighted by atomic mass is 9.97. The Balaban J connectivity index is 2.52. The van der Waals surface area contributed by atoms with Gasteiger partial charge in [0.25, 0.3) is 0 Å². The van der Waals surface area contributed by atoms with E-state index in [1.165, 1.54) is 12.0 Å². The maximum atomic E-state index is 11.5. The highest BCUT2D eigenvalue weighted by molar-refractivity contribution is 5.99. The van der Waals surface area contributed by atoms with E-state index in [4.69, 9.17) is 11.5 Å².